The van der Waals surface area contributed by atoms with Crippen molar-refractivity contribution in [3.05, 3.63) is 84.2 Å². The molecule has 33 heavy (non-hydrogen) atoms. The van der Waals surface area contributed by atoms with Gasteiger partial charge in [-0.15, -0.1) is 11.3 Å². The number of amides is 1. The zero-order valence-corrected chi connectivity index (χ0v) is 19.9. The number of thiophene rings is 1. The summed E-state index contributed by atoms with van der Waals surface area (Å²) in [6.45, 7) is 2.69. The summed E-state index contributed by atoms with van der Waals surface area (Å²) in [7, 11) is 0. The molecule has 0 atom stereocenters. The van der Waals surface area contributed by atoms with Crippen molar-refractivity contribution in [1.29, 1.82) is 0 Å². The fourth-order valence-electron chi connectivity index (χ4n) is 2.48. The normalized spacial score (nSPS) is 10.8. The number of hydrogen-bond acceptors (Lipinski definition) is 9. The molecule has 1 aromatic heterocycles. The highest BCUT2D eigenvalue weighted by molar-refractivity contribution is 7.99. The van der Waals surface area contributed by atoms with Crippen molar-refractivity contribution in [1.82, 2.24) is 15.2 Å². The molecular formula is C23H29N5O3S2. The molecule has 176 valence electrons. The number of hydrogen-bond donors (Lipinski definition) is 6. The van der Waals surface area contributed by atoms with Crippen molar-refractivity contribution in [3.63, 3.8) is 0 Å². The number of benzene rings is 2. The van der Waals surface area contributed by atoms with Crippen LogP contribution in [0.15, 0.2) is 82.8 Å². The van der Waals surface area contributed by atoms with Gasteiger partial charge in [-0.05, 0) is 48.7 Å². The zero-order valence-electron chi connectivity index (χ0n) is 18.3. The van der Waals surface area contributed by atoms with E-state index in [9.17, 15) is 4.79 Å². The molecule has 0 aliphatic carbocycles. The van der Waals surface area contributed by atoms with Crippen molar-refractivity contribution in [3.8, 4) is 16.2 Å². The molecule has 0 unspecified atom stereocenters. The second-order valence-electron chi connectivity index (χ2n) is 6.97. The zero-order chi connectivity index (χ0) is 24.1. The van der Waals surface area contributed by atoms with E-state index in [0.717, 1.165) is 4.21 Å². The first-order chi connectivity index (χ1) is 15.9. The largest absolute Gasteiger partial charge is 0.508 e. The number of phenols is 1. The highest BCUT2D eigenvalue weighted by atomic mass is 32.2. The van der Waals surface area contributed by atoms with E-state index in [1.54, 1.807) is 35.1 Å². The third-order valence-corrected chi connectivity index (χ3v) is 6.23. The molecule has 0 fully saturated rings. The Hall–Kier alpha value is -3.02. The number of hydroxylamine groups is 1. The molecule has 0 saturated carbocycles. The highest BCUT2D eigenvalue weighted by Gasteiger charge is 2.04. The molecule has 0 aliphatic rings. The third kappa shape index (κ3) is 10.4. The molecular weight excluding hydrogens is 458 g/mol. The minimum Gasteiger partial charge on any atom is -0.508 e. The predicted molar refractivity (Wildman–Crippen MR) is 134 cm³/mol. The number of aryl methyl sites for hydroxylation is 1. The van der Waals surface area contributed by atoms with E-state index >= 15 is 0 Å². The molecule has 1 heterocycles. The fraction of sp³-hybridized carbons (Fsp3) is 0.174. The second-order valence-corrected chi connectivity index (χ2v) is 9.25. The standard InChI is InChI=1S/C16H21N5O2S2.C7H8O/c17-13(11-21(18)9-8-15(22)20-23)10-19-25-16-7-6-14(24-16)12-4-2-1-3-5-12;1-6-2-4-7(8)5-3-6/h1-7,11,19,23H,8-10,17-18H2,(H,20,22);2-5,8H,1H3/b13-11-;. The Balaban J connectivity index is 0.000000405. The molecule has 0 spiro atoms. The topological polar surface area (TPSA) is 137 Å². The van der Waals surface area contributed by atoms with Crippen LogP contribution in [-0.2, 0) is 4.79 Å². The Kier molecular flexibility index (Phi) is 11.3. The van der Waals surface area contributed by atoms with Crippen molar-refractivity contribution in [2.75, 3.05) is 13.1 Å². The minimum absolute atomic E-state index is 0.0798. The number of hydrazine groups is 1. The number of aromatic hydroxyl groups is 1. The summed E-state index contributed by atoms with van der Waals surface area (Å²) in [5.74, 6) is 5.54. The Labute approximate surface area is 202 Å². The summed E-state index contributed by atoms with van der Waals surface area (Å²) < 4.78 is 4.32. The van der Waals surface area contributed by atoms with E-state index in [1.165, 1.54) is 33.0 Å². The molecule has 8 nitrogen and oxygen atoms in total. The van der Waals surface area contributed by atoms with E-state index in [2.05, 4.69) is 29.0 Å². The van der Waals surface area contributed by atoms with E-state index in [1.807, 2.05) is 37.3 Å². The average molecular weight is 488 g/mol. The molecule has 3 aromatic rings. The van der Waals surface area contributed by atoms with Gasteiger partial charge in [0, 0.05) is 36.3 Å². The first kappa shape index (κ1) is 26.2. The van der Waals surface area contributed by atoms with Gasteiger partial charge in [-0.1, -0.05) is 48.0 Å². The Bertz CT molecular complexity index is 989. The lowest BCUT2D eigenvalue weighted by molar-refractivity contribution is -0.129. The van der Waals surface area contributed by atoms with Gasteiger partial charge < -0.3 is 15.8 Å². The molecule has 8 N–H and O–H groups in total. The van der Waals surface area contributed by atoms with Gasteiger partial charge in [0.2, 0.25) is 5.91 Å². The number of carbonyl (C=O) groups is 1. The van der Waals surface area contributed by atoms with Gasteiger partial charge in [0.15, 0.2) is 0 Å². The lowest BCUT2D eigenvalue weighted by Gasteiger charge is -2.14. The molecule has 0 radical (unpaired) electrons. The number of nitrogens with two attached hydrogens (primary N) is 2. The maximum absolute atomic E-state index is 10.9. The van der Waals surface area contributed by atoms with Crippen LogP contribution in [0, 0.1) is 6.92 Å². The molecule has 10 heteroatoms. The van der Waals surface area contributed by atoms with Gasteiger partial charge in [0.25, 0.3) is 0 Å². The Morgan fingerprint density at radius 2 is 1.82 bits per heavy atom. The number of nitrogens with one attached hydrogen (secondary N) is 2. The van der Waals surface area contributed by atoms with E-state index in [4.69, 9.17) is 21.9 Å². The number of nitrogens with zero attached hydrogens (tertiary/aromatic N) is 1. The van der Waals surface area contributed by atoms with E-state index in [0.29, 0.717) is 18.0 Å². The number of phenolic OH excluding ortho intramolecular Hbond substituents is 1. The van der Waals surface area contributed by atoms with Gasteiger partial charge in [-0.3, -0.25) is 14.7 Å². The van der Waals surface area contributed by atoms with Crippen LogP contribution in [0.25, 0.3) is 10.4 Å². The summed E-state index contributed by atoms with van der Waals surface area (Å²) in [5.41, 5.74) is 10.4. The summed E-state index contributed by atoms with van der Waals surface area (Å²) in [5, 5.41) is 18.5. The maximum atomic E-state index is 10.9. The summed E-state index contributed by atoms with van der Waals surface area (Å²) in [4.78, 5) is 12.1. The van der Waals surface area contributed by atoms with Crippen molar-refractivity contribution in [2.45, 2.75) is 17.6 Å². The lowest BCUT2D eigenvalue weighted by atomic mass is 10.2. The Morgan fingerprint density at radius 1 is 1.12 bits per heavy atom. The van der Waals surface area contributed by atoms with Gasteiger partial charge in [0.1, 0.15) is 5.75 Å². The molecule has 2 aromatic carbocycles. The summed E-state index contributed by atoms with van der Waals surface area (Å²) in [6.07, 6.45) is 1.64. The van der Waals surface area contributed by atoms with Crippen LogP contribution in [0.1, 0.15) is 12.0 Å². The monoisotopic (exact) mass is 487 g/mol. The summed E-state index contributed by atoms with van der Waals surface area (Å²) in [6, 6.07) is 21.5. The second kappa shape index (κ2) is 14.2. The van der Waals surface area contributed by atoms with Crippen LogP contribution in [0.3, 0.4) is 0 Å². The minimum atomic E-state index is -0.497. The molecule has 0 saturated heterocycles. The average Bonchev–Trinajstić information content (AvgIpc) is 3.29. The van der Waals surface area contributed by atoms with Crippen LogP contribution >= 0.6 is 23.3 Å². The van der Waals surface area contributed by atoms with Gasteiger partial charge in [-0.25, -0.2) is 11.3 Å². The third-order valence-electron chi connectivity index (χ3n) is 4.18. The van der Waals surface area contributed by atoms with Crippen molar-refractivity contribution < 1.29 is 15.1 Å². The first-order valence-electron chi connectivity index (χ1n) is 10.1. The Morgan fingerprint density at radius 3 is 2.45 bits per heavy atom. The SMILES string of the molecule is Cc1ccc(O)cc1.N/C(=C\N(N)CCC(=O)NO)CNSc1ccc(-c2ccccc2)s1. The smallest absolute Gasteiger partial charge is 0.245 e. The van der Waals surface area contributed by atoms with Gasteiger partial charge >= 0.3 is 0 Å². The van der Waals surface area contributed by atoms with Crippen LogP contribution in [0.4, 0.5) is 0 Å². The van der Waals surface area contributed by atoms with Gasteiger partial charge in [0.05, 0.1) is 4.21 Å². The van der Waals surface area contributed by atoms with Crippen LogP contribution < -0.4 is 21.8 Å². The quantitative estimate of drug-likeness (QED) is 0.117. The van der Waals surface area contributed by atoms with Gasteiger partial charge in [-0.2, -0.15) is 0 Å². The molecule has 1 amide bonds. The molecule has 3 rings (SSSR count). The van der Waals surface area contributed by atoms with Crippen LogP contribution in [0.5, 0.6) is 5.75 Å². The van der Waals surface area contributed by atoms with Crippen LogP contribution in [0.2, 0.25) is 0 Å². The predicted octanol–water partition coefficient (Wildman–Crippen LogP) is 3.58. The molecule has 0 aliphatic heterocycles. The summed E-state index contributed by atoms with van der Waals surface area (Å²) >= 11 is 3.21. The van der Waals surface area contributed by atoms with Crippen LogP contribution in [-0.4, -0.2) is 34.3 Å². The highest BCUT2D eigenvalue weighted by Crippen LogP contribution is 2.32. The molecule has 0 bridgehead atoms. The number of rotatable bonds is 9. The van der Waals surface area contributed by atoms with E-state index in [-0.39, 0.29) is 13.0 Å². The number of carbonyl (C=O) groups excluding carboxylic acids is 1. The first-order valence-corrected chi connectivity index (χ1v) is 11.7. The van der Waals surface area contributed by atoms with Crippen molar-refractivity contribution >= 4 is 29.2 Å². The van der Waals surface area contributed by atoms with E-state index < -0.39 is 5.91 Å². The van der Waals surface area contributed by atoms with Crippen molar-refractivity contribution in [2.24, 2.45) is 11.6 Å². The maximum Gasteiger partial charge on any atom is 0.245 e. The fourth-order valence-corrected chi connectivity index (χ4v) is 4.35. The lowest BCUT2D eigenvalue weighted by Crippen LogP contribution is -2.32.